The van der Waals surface area contributed by atoms with Crippen molar-refractivity contribution in [3.05, 3.63) is 23.3 Å². The van der Waals surface area contributed by atoms with Crippen LogP contribution in [-0.4, -0.2) is 70.5 Å². The number of aryl methyl sites for hydroxylation is 1. The lowest BCUT2D eigenvalue weighted by atomic mass is 10.2. The van der Waals surface area contributed by atoms with Crippen molar-refractivity contribution >= 4 is 11.8 Å². The van der Waals surface area contributed by atoms with Gasteiger partial charge in [0.2, 0.25) is 0 Å². The van der Waals surface area contributed by atoms with Gasteiger partial charge in [-0.1, -0.05) is 0 Å². The molecule has 0 aromatic carbocycles. The highest BCUT2D eigenvalue weighted by atomic mass is 19.4. The quantitative estimate of drug-likeness (QED) is 0.782. The van der Waals surface area contributed by atoms with Crippen LogP contribution in [0.2, 0.25) is 0 Å². The second kappa shape index (κ2) is 7.18. The van der Waals surface area contributed by atoms with Crippen molar-refractivity contribution < 1.29 is 27.5 Å². The Morgan fingerprint density at radius 3 is 2.38 bits per heavy atom. The molecule has 2 fully saturated rings. The maximum atomic E-state index is 12.9. The summed E-state index contributed by atoms with van der Waals surface area (Å²) < 4.78 is 44.0. The molecular weight excluding hydrogens is 353 g/mol. The van der Waals surface area contributed by atoms with Gasteiger partial charge < -0.3 is 14.5 Å². The Morgan fingerprint density at radius 1 is 1.15 bits per heavy atom. The molecule has 0 spiro atoms. The minimum absolute atomic E-state index is 0.0909. The van der Waals surface area contributed by atoms with Gasteiger partial charge in [-0.2, -0.15) is 13.2 Å². The number of ether oxygens (including phenoxy) is 1. The monoisotopic (exact) mass is 372 g/mol. The van der Waals surface area contributed by atoms with Crippen molar-refractivity contribution in [2.75, 3.05) is 32.8 Å². The van der Waals surface area contributed by atoms with Gasteiger partial charge in [0.25, 0.3) is 11.8 Å². The summed E-state index contributed by atoms with van der Waals surface area (Å²) in [6, 6.07) is 0.666. The first kappa shape index (κ1) is 18.6. The molecule has 2 aliphatic rings. The number of alkyl halides is 3. The topological polar surface area (TPSA) is 75.6 Å². The lowest BCUT2D eigenvalue weighted by molar-refractivity contribution is -0.142. The second-order valence-corrected chi connectivity index (χ2v) is 6.30. The Balaban J connectivity index is 1.65. The van der Waals surface area contributed by atoms with E-state index in [9.17, 15) is 22.8 Å². The van der Waals surface area contributed by atoms with Crippen molar-refractivity contribution in [2.45, 2.75) is 32.0 Å². The van der Waals surface area contributed by atoms with E-state index in [0.717, 1.165) is 6.42 Å². The molecular formula is C16H19F3N4O3. The van der Waals surface area contributed by atoms with E-state index in [-0.39, 0.29) is 30.5 Å². The molecule has 1 aromatic rings. The molecule has 2 saturated heterocycles. The summed E-state index contributed by atoms with van der Waals surface area (Å²) in [6.07, 6.45) is -3.52. The van der Waals surface area contributed by atoms with E-state index >= 15 is 0 Å². The Labute approximate surface area is 148 Å². The lowest BCUT2D eigenvalue weighted by Crippen LogP contribution is -2.53. The molecule has 3 heterocycles. The van der Waals surface area contributed by atoms with Gasteiger partial charge in [-0.05, 0) is 19.8 Å². The van der Waals surface area contributed by atoms with Crippen LogP contribution >= 0.6 is 0 Å². The molecule has 1 atom stereocenters. The number of halogens is 3. The van der Waals surface area contributed by atoms with Crippen molar-refractivity contribution in [3.8, 4) is 0 Å². The second-order valence-electron chi connectivity index (χ2n) is 6.30. The van der Waals surface area contributed by atoms with Crippen molar-refractivity contribution in [1.29, 1.82) is 0 Å². The smallest absolute Gasteiger partial charge is 0.368 e. The molecule has 0 bridgehead atoms. The highest BCUT2D eigenvalue weighted by Crippen LogP contribution is 2.28. The summed E-state index contributed by atoms with van der Waals surface area (Å²) in [5.41, 5.74) is -1.43. The van der Waals surface area contributed by atoms with E-state index in [4.69, 9.17) is 4.74 Å². The van der Waals surface area contributed by atoms with Crippen LogP contribution in [0.25, 0.3) is 0 Å². The standard InChI is InChI=1S/C16H19F3N4O3/c1-10-20-11(9-13(21-10)16(17,18)19)14(24)22-4-6-23(7-5-22)15(25)12-3-2-8-26-12/h9,12H,2-8H2,1H3. The number of carbonyl (C=O) groups is 2. The van der Waals surface area contributed by atoms with Gasteiger partial charge in [0.15, 0.2) is 0 Å². The molecule has 7 nitrogen and oxygen atoms in total. The van der Waals surface area contributed by atoms with Crippen LogP contribution in [-0.2, 0) is 15.7 Å². The Morgan fingerprint density at radius 2 is 1.81 bits per heavy atom. The fraction of sp³-hybridized carbons (Fsp3) is 0.625. The first-order chi connectivity index (χ1) is 12.3. The fourth-order valence-corrected chi connectivity index (χ4v) is 3.09. The number of aromatic nitrogens is 2. The number of rotatable bonds is 2. The zero-order valence-electron chi connectivity index (χ0n) is 14.3. The molecule has 0 radical (unpaired) electrons. The molecule has 1 aromatic heterocycles. The Hall–Kier alpha value is -2.23. The zero-order valence-corrected chi connectivity index (χ0v) is 14.3. The van der Waals surface area contributed by atoms with E-state index in [1.807, 2.05) is 0 Å². The number of carbonyl (C=O) groups excluding carboxylic acids is 2. The maximum Gasteiger partial charge on any atom is 0.433 e. The summed E-state index contributed by atoms with van der Waals surface area (Å²) in [4.78, 5) is 35.0. The average Bonchev–Trinajstić information content (AvgIpc) is 3.14. The van der Waals surface area contributed by atoms with Gasteiger partial charge >= 0.3 is 6.18 Å². The summed E-state index contributed by atoms with van der Waals surface area (Å²) in [5, 5.41) is 0. The van der Waals surface area contributed by atoms with Crippen LogP contribution < -0.4 is 0 Å². The van der Waals surface area contributed by atoms with Gasteiger partial charge in [-0.15, -0.1) is 0 Å². The summed E-state index contributed by atoms with van der Waals surface area (Å²) in [5.74, 6) is -0.799. The SMILES string of the molecule is Cc1nc(C(=O)N2CCN(C(=O)C3CCCO3)CC2)cc(C(F)(F)F)n1. The molecule has 2 amide bonds. The highest BCUT2D eigenvalue weighted by molar-refractivity contribution is 5.92. The minimum atomic E-state index is -4.64. The average molecular weight is 372 g/mol. The first-order valence-corrected chi connectivity index (χ1v) is 8.38. The Kier molecular flexibility index (Phi) is 5.12. The molecule has 26 heavy (non-hydrogen) atoms. The van der Waals surface area contributed by atoms with Crippen LogP contribution in [0.1, 0.15) is 34.8 Å². The van der Waals surface area contributed by atoms with Crippen LogP contribution in [0.5, 0.6) is 0 Å². The molecule has 0 saturated carbocycles. The van der Waals surface area contributed by atoms with Gasteiger partial charge in [0.05, 0.1) is 0 Å². The molecule has 1 unspecified atom stereocenters. The van der Waals surface area contributed by atoms with Crippen molar-refractivity contribution in [2.24, 2.45) is 0 Å². The molecule has 142 valence electrons. The van der Waals surface area contributed by atoms with Crippen LogP contribution in [0.3, 0.4) is 0 Å². The Bertz CT molecular complexity index is 696. The van der Waals surface area contributed by atoms with Gasteiger partial charge in [-0.3, -0.25) is 9.59 Å². The number of hydrogen-bond acceptors (Lipinski definition) is 5. The van der Waals surface area contributed by atoms with E-state index in [1.54, 1.807) is 4.90 Å². The minimum Gasteiger partial charge on any atom is -0.368 e. The number of nitrogens with zero attached hydrogens (tertiary/aromatic N) is 4. The third-order valence-electron chi connectivity index (χ3n) is 4.43. The van der Waals surface area contributed by atoms with E-state index < -0.39 is 23.9 Å². The summed E-state index contributed by atoms with van der Waals surface area (Å²) in [7, 11) is 0. The highest BCUT2D eigenvalue weighted by Gasteiger charge is 2.35. The van der Waals surface area contributed by atoms with Crippen molar-refractivity contribution in [1.82, 2.24) is 19.8 Å². The first-order valence-electron chi connectivity index (χ1n) is 8.38. The number of amides is 2. The summed E-state index contributed by atoms with van der Waals surface area (Å²) >= 11 is 0. The maximum absolute atomic E-state index is 12.9. The van der Waals surface area contributed by atoms with Gasteiger partial charge in [0, 0.05) is 38.9 Å². The van der Waals surface area contributed by atoms with E-state index in [0.29, 0.717) is 32.2 Å². The van der Waals surface area contributed by atoms with E-state index in [1.165, 1.54) is 11.8 Å². The van der Waals surface area contributed by atoms with Gasteiger partial charge in [0.1, 0.15) is 23.3 Å². The molecule has 10 heteroatoms. The lowest BCUT2D eigenvalue weighted by Gasteiger charge is -2.35. The third kappa shape index (κ3) is 3.95. The molecule has 2 aliphatic heterocycles. The van der Waals surface area contributed by atoms with Crippen LogP contribution in [0, 0.1) is 6.92 Å². The largest absolute Gasteiger partial charge is 0.433 e. The molecule has 0 aliphatic carbocycles. The van der Waals surface area contributed by atoms with Gasteiger partial charge in [-0.25, -0.2) is 9.97 Å². The van der Waals surface area contributed by atoms with Crippen LogP contribution in [0.15, 0.2) is 6.07 Å². The van der Waals surface area contributed by atoms with Crippen molar-refractivity contribution in [3.63, 3.8) is 0 Å². The fourth-order valence-electron chi connectivity index (χ4n) is 3.09. The zero-order chi connectivity index (χ0) is 18.9. The molecule has 3 rings (SSSR count). The normalized spacial score (nSPS) is 21.2. The predicted molar refractivity (Wildman–Crippen MR) is 83.2 cm³/mol. The third-order valence-corrected chi connectivity index (χ3v) is 4.43. The number of hydrogen-bond donors (Lipinski definition) is 0. The number of piperazine rings is 1. The summed E-state index contributed by atoms with van der Waals surface area (Å²) in [6.45, 7) is 3.00. The van der Waals surface area contributed by atoms with E-state index in [2.05, 4.69) is 9.97 Å². The molecule has 0 N–H and O–H groups in total. The predicted octanol–water partition coefficient (Wildman–Crippen LogP) is 1.27. The van der Waals surface area contributed by atoms with Crippen LogP contribution in [0.4, 0.5) is 13.2 Å².